The number of methoxy groups -OCH3 is 1. The highest BCUT2D eigenvalue weighted by Crippen LogP contribution is 2.29. The van der Waals surface area contributed by atoms with Crippen molar-refractivity contribution in [2.75, 3.05) is 20.3 Å². The van der Waals surface area contributed by atoms with E-state index in [1.807, 2.05) is 0 Å². The first-order valence-electron chi connectivity index (χ1n) is 7.14. The van der Waals surface area contributed by atoms with Crippen LogP contribution in [0.2, 0.25) is 0 Å². The van der Waals surface area contributed by atoms with E-state index in [2.05, 4.69) is 35.3 Å². The molecule has 0 aromatic heterocycles. The molecule has 20 heavy (non-hydrogen) atoms. The number of hydrogen-bond donors (Lipinski definition) is 4. The molecule has 0 aromatic carbocycles. The summed E-state index contributed by atoms with van der Waals surface area (Å²) in [4.78, 5) is 0. The quantitative estimate of drug-likeness (QED) is 0.354. The first-order chi connectivity index (χ1) is 9.54. The summed E-state index contributed by atoms with van der Waals surface area (Å²) in [5, 5.41) is 7.47. The predicted octanol–water partition coefficient (Wildman–Crippen LogP) is 1.30. The van der Waals surface area contributed by atoms with Crippen LogP contribution in [0.3, 0.4) is 0 Å². The number of nitrogens with one attached hydrogen (secondary N) is 4. The second-order valence-electron chi connectivity index (χ2n) is 5.35. The van der Waals surface area contributed by atoms with Crippen LogP contribution in [0.25, 0.3) is 0 Å². The van der Waals surface area contributed by atoms with Crippen molar-refractivity contribution >= 4 is 34.7 Å². The van der Waals surface area contributed by atoms with Crippen LogP contribution >= 0.6 is 24.4 Å². The number of rotatable bonds is 4. The molecule has 0 saturated heterocycles. The average molecular weight is 319 g/mol. The lowest BCUT2D eigenvalue weighted by atomic mass is 9.78. The molecule has 1 rings (SSSR count). The van der Waals surface area contributed by atoms with Crippen LogP contribution in [0, 0.1) is 11.8 Å². The lowest BCUT2D eigenvalue weighted by Gasteiger charge is -2.35. The first kappa shape index (κ1) is 17.4. The Morgan fingerprint density at radius 1 is 1.15 bits per heavy atom. The zero-order chi connectivity index (χ0) is 15.0. The molecule has 0 aliphatic heterocycles. The van der Waals surface area contributed by atoms with Gasteiger partial charge in [0, 0.05) is 19.7 Å². The lowest BCUT2D eigenvalue weighted by Crippen LogP contribution is -2.54. The third kappa shape index (κ3) is 6.19. The predicted molar refractivity (Wildman–Crippen MR) is 90.4 cm³/mol. The van der Waals surface area contributed by atoms with Gasteiger partial charge in [0.15, 0.2) is 10.2 Å². The highest BCUT2D eigenvalue weighted by atomic mass is 32.1. The minimum absolute atomic E-state index is 0.440. The molecule has 0 radical (unpaired) electrons. The molecule has 0 amide bonds. The fourth-order valence-corrected chi connectivity index (χ4v) is 2.77. The van der Waals surface area contributed by atoms with E-state index in [1.165, 1.54) is 19.3 Å². The summed E-state index contributed by atoms with van der Waals surface area (Å²) in [6, 6.07) is 0.440. The molecule has 1 fully saturated rings. The van der Waals surface area contributed by atoms with Crippen molar-refractivity contribution in [3.05, 3.63) is 0 Å². The number of thiocarbonyl (C=S) groups is 2. The van der Waals surface area contributed by atoms with Crippen molar-refractivity contribution < 1.29 is 4.74 Å². The van der Waals surface area contributed by atoms with E-state index in [1.54, 1.807) is 7.11 Å². The Morgan fingerprint density at radius 2 is 1.85 bits per heavy atom. The van der Waals surface area contributed by atoms with Crippen molar-refractivity contribution in [2.45, 2.75) is 39.2 Å². The van der Waals surface area contributed by atoms with Crippen molar-refractivity contribution in [3.63, 3.8) is 0 Å². The molecule has 0 spiro atoms. The smallest absolute Gasteiger partial charge is 0.185 e. The second-order valence-corrected chi connectivity index (χ2v) is 6.16. The maximum absolute atomic E-state index is 5.28. The zero-order valence-electron chi connectivity index (χ0n) is 12.5. The third-order valence-corrected chi connectivity index (χ3v) is 4.37. The Bertz CT molecular complexity index is 327. The standard InChI is InChI=1S/C13H26N4OS2/c1-9-5-4-6-11(10(9)2)15-13(20)17-16-12(19)14-7-8-18-3/h9-11H,4-8H2,1-3H3,(H2,14,16,19)(H2,15,17,20)/t9-,10-,11-/m1/s1. The van der Waals surface area contributed by atoms with Gasteiger partial charge in [0.1, 0.15) is 0 Å². The highest BCUT2D eigenvalue weighted by molar-refractivity contribution is 7.80. The molecule has 0 unspecified atom stereocenters. The van der Waals surface area contributed by atoms with Crippen LogP contribution in [-0.4, -0.2) is 36.5 Å². The van der Waals surface area contributed by atoms with Gasteiger partial charge in [-0.25, -0.2) is 0 Å². The van der Waals surface area contributed by atoms with Gasteiger partial charge in [-0.05, 0) is 42.7 Å². The Morgan fingerprint density at radius 3 is 2.55 bits per heavy atom. The molecule has 0 heterocycles. The van der Waals surface area contributed by atoms with E-state index in [-0.39, 0.29) is 0 Å². The van der Waals surface area contributed by atoms with Crippen LogP contribution in [0.1, 0.15) is 33.1 Å². The molecule has 4 N–H and O–H groups in total. The third-order valence-electron chi connectivity index (χ3n) is 3.90. The van der Waals surface area contributed by atoms with Gasteiger partial charge in [0.05, 0.1) is 6.61 Å². The molecular formula is C13H26N4OS2. The molecule has 1 saturated carbocycles. The Balaban J connectivity index is 2.21. The number of hydrazine groups is 1. The fourth-order valence-electron chi connectivity index (χ4n) is 2.41. The Labute approximate surface area is 132 Å². The summed E-state index contributed by atoms with van der Waals surface area (Å²) in [5.74, 6) is 1.38. The van der Waals surface area contributed by atoms with Gasteiger partial charge in [0.25, 0.3) is 0 Å². The van der Waals surface area contributed by atoms with E-state index in [4.69, 9.17) is 29.2 Å². The minimum atomic E-state index is 0.440. The van der Waals surface area contributed by atoms with Crippen LogP contribution in [0.4, 0.5) is 0 Å². The topological polar surface area (TPSA) is 57.4 Å². The molecule has 7 heteroatoms. The van der Waals surface area contributed by atoms with Gasteiger partial charge in [-0.2, -0.15) is 0 Å². The first-order valence-corrected chi connectivity index (χ1v) is 7.95. The summed E-state index contributed by atoms with van der Waals surface area (Å²) in [5.41, 5.74) is 5.79. The summed E-state index contributed by atoms with van der Waals surface area (Å²) in [7, 11) is 1.65. The van der Waals surface area contributed by atoms with Crippen LogP contribution in [0.15, 0.2) is 0 Å². The molecule has 1 aliphatic carbocycles. The van der Waals surface area contributed by atoms with E-state index < -0.39 is 0 Å². The van der Waals surface area contributed by atoms with Crippen molar-refractivity contribution in [1.29, 1.82) is 0 Å². The Kier molecular flexibility index (Phi) is 8.09. The monoisotopic (exact) mass is 318 g/mol. The second kappa shape index (κ2) is 9.31. The molecule has 3 atom stereocenters. The minimum Gasteiger partial charge on any atom is -0.383 e. The van der Waals surface area contributed by atoms with Gasteiger partial charge in [-0.15, -0.1) is 0 Å². The lowest BCUT2D eigenvalue weighted by molar-refractivity contribution is 0.204. The van der Waals surface area contributed by atoms with Crippen LogP contribution in [-0.2, 0) is 4.74 Å². The molecular weight excluding hydrogens is 292 g/mol. The molecule has 5 nitrogen and oxygen atoms in total. The Hall–Kier alpha value is -0.660. The van der Waals surface area contributed by atoms with Crippen molar-refractivity contribution in [3.8, 4) is 0 Å². The normalized spacial score (nSPS) is 25.6. The van der Waals surface area contributed by atoms with E-state index >= 15 is 0 Å². The summed E-state index contributed by atoms with van der Waals surface area (Å²) >= 11 is 10.4. The maximum atomic E-state index is 5.28. The fraction of sp³-hybridized carbons (Fsp3) is 0.846. The summed E-state index contributed by atoms with van der Waals surface area (Å²) in [6.07, 6.45) is 3.74. The van der Waals surface area contributed by atoms with Crippen LogP contribution < -0.4 is 21.5 Å². The van der Waals surface area contributed by atoms with Gasteiger partial charge < -0.3 is 15.4 Å². The molecule has 1 aliphatic rings. The zero-order valence-corrected chi connectivity index (χ0v) is 14.1. The van der Waals surface area contributed by atoms with Gasteiger partial charge in [-0.3, -0.25) is 10.9 Å². The summed E-state index contributed by atoms with van der Waals surface area (Å²) in [6.45, 7) is 5.87. The highest BCUT2D eigenvalue weighted by Gasteiger charge is 2.27. The molecule has 0 aromatic rings. The van der Waals surface area contributed by atoms with E-state index in [0.717, 1.165) is 5.92 Å². The average Bonchev–Trinajstić information content (AvgIpc) is 2.42. The van der Waals surface area contributed by atoms with Gasteiger partial charge in [0.2, 0.25) is 0 Å². The largest absolute Gasteiger partial charge is 0.383 e. The van der Waals surface area contributed by atoms with Gasteiger partial charge in [-0.1, -0.05) is 26.7 Å². The number of ether oxygens (including phenoxy) is 1. The van der Waals surface area contributed by atoms with Gasteiger partial charge >= 0.3 is 0 Å². The van der Waals surface area contributed by atoms with E-state index in [9.17, 15) is 0 Å². The SMILES string of the molecule is COCCNC(=S)NNC(=S)N[C@@H]1CCC[C@@H](C)[C@H]1C. The maximum Gasteiger partial charge on any atom is 0.185 e. The van der Waals surface area contributed by atoms with Crippen molar-refractivity contribution in [1.82, 2.24) is 21.5 Å². The van der Waals surface area contributed by atoms with Crippen molar-refractivity contribution in [2.24, 2.45) is 11.8 Å². The van der Waals surface area contributed by atoms with E-state index in [0.29, 0.717) is 35.3 Å². The molecule has 0 bridgehead atoms. The van der Waals surface area contributed by atoms with Crippen LogP contribution in [0.5, 0.6) is 0 Å². The summed E-state index contributed by atoms with van der Waals surface area (Å²) < 4.78 is 4.93. The molecule has 116 valence electrons. The number of hydrogen-bond acceptors (Lipinski definition) is 3.